The van der Waals surface area contributed by atoms with Crippen molar-refractivity contribution in [3.63, 3.8) is 0 Å². The van der Waals surface area contributed by atoms with E-state index in [2.05, 4.69) is 30.7 Å². The van der Waals surface area contributed by atoms with Crippen LogP contribution in [0.5, 0.6) is 0 Å². The van der Waals surface area contributed by atoms with Gasteiger partial charge in [0, 0.05) is 43.5 Å². The summed E-state index contributed by atoms with van der Waals surface area (Å²) in [6.07, 6.45) is 1.16. The average Bonchev–Trinajstić information content (AvgIpc) is 3.38. The third kappa shape index (κ3) is 6.93. The van der Waals surface area contributed by atoms with Crippen molar-refractivity contribution < 1.29 is 13.2 Å². The molecule has 3 aromatic heterocycles. The molecule has 0 aliphatic carbocycles. The summed E-state index contributed by atoms with van der Waals surface area (Å²) in [7, 11) is 0. The Morgan fingerprint density at radius 1 is 1.27 bits per heavy atom. The number of aliphatic imine (C=N–C) groups is 1. The zero-order valence-corrected chi connectivity index (χ0v) is 19.2. The lowest BCUT2D eigenvalue weighted by Crippen LogP contribution is -2.38. The highest BCUT2D eigenvalue weighted by molar-refractivity contribution is 14.0. The maximum absolute atomic E-state index is 12.6. The standard InChI is InChI=1S/C18H20F3N7S.HI/c1-2-22-17(24-8-5-16-27-14(12-29-16)18(19,20)21)25-11-13-4-7-23-15(10-13)28-9-3-6-26-28;/h3-4,6-7,9-10,12H,2,5,8,11H2,1H3,(H2,22,24,25);1H. The fourth-order valence-corrected chi connectivity index (χ4v) is 3.25. The summed E-state index contributed by atoms with van der Waals surface area (Å²) in [5.74, 6) is 1.28. The van der Waals surface area contributed by atoms with Gasteiger partial charge in [-0.3, -0.25) is 0 Å². The van der Waals surface area contributed by atoms with Crippen LogP contribution < -0.4 is 10.6 Å². The third-order valence-electron chi connectivity index (χ3n) is 3.79. The molecular weight excluding hydrogens is 530 g/mol. The molecule has 30 heavy (non-hydrogen) atoms. The number of thiazole rings is 1. The first-order valence-electron chi connectivity index (χ1n) is 8.94. The largest absolute Gasteiger partial charge is 0.434 e. The number of hydrogen-bond donors (Lipinski definition) is 2. The average molecular weight is 551 g/mol. The van der Waals surface area contributed by atoms with Gasteiger partial charge in [-0.25, -0.2) is 19.6 Å². The molecule has 12 heteroatoms. The van der Waals surface area contributed by atoms with Crippen molar-refractivity contribution >= 4 is 41.3 Å². The molecule has 0 aromatic carbocycles. The van der Waals surface area contributed by atoms with Gasteiger partial charge < -0.3 is 10.6 Å². The van der Waals surface area contributed by atoms with Crippen LogP contribution in [0.25, 0.3) is 5.82 Å². The van der Waals surface area contributed by atoms with Crippen molar-refractivity contribution in [2.75, 3.05) is 13.1 Å². The first-order chi connectivity index (χ1) is 14.0. The molecule has 0 aliphatic heterocycles. The molecule has 0 spiro atoms. The Bertz CT molecular complexity index is 941. The smallest absolute Gasteiger partial charge is 0.357 e. The highest BCUT2D eigenvalue weighted by atomic mass is 127. The third-order valence-corrected chi connectivity index (χ3v) is 4.70. The summed E-state index contributed by atoms with van der Waals surface area (Å²) in [5, 5.41) is 11.9. The van der Waals surface area contributed by atoms with Crippen molar-refractivity contribution in [3.05, 3.63) is 58.4 Å². The summed E-state index contributed by atoms with van der Waals surface area (Å²) in [4.78, 5) is 12.4. The van der Waals surface area contributed by atoms with Gasteiger partial charge in [0.15, 0.2) is 17.5 Å². The Morgan fingerprint density at radius 3 is 2.77 bits per heavy atom. The number of hydrogen-bond acceptors (Lipinski definition) is 5. The molecule has 0 saturated carbocycles. The number of alkyl halides is 3. The number of halogens is 4. The Balaban J connectivity index is 0.00000320. The van der Waals surface area contributed by atoms with Gasteiger partial charge in [0.05, 0.1) is 11.6 Å². The van der Waals surface area contributed by atoms with Crippen molar-refractivity contribution in [2.24, 2.45) is 4.99 Å². The van der Waals surface area contributed by atoms with Crippen molar-refractivity contribution in [1.29, 1.82) is 0 Å². The fraction of sp³-hybridized carbons (Fsp3) is 0.333. The minimum atomic E-state index is -4.40. The molecule has 0 fully saturated rings. The lowest BCUT2D eigenvalue weighted by atomic mass is 10.2. The van der Waals surface area contributed by atoms with Crippen LogP contribution in [0, 0.1) is 0 Å². The van der Waals surface area contributed by atoms with Crippen LogP contribution in [0.4, 0.5) is 13.2 Å². The molecule has 0 radical (unpaired) electrons. The fourth-order valence-electron chi connectivity index (χ4n) is 2.44. The van der Waals surface area contributed by atoms with Gasteiger partial charge in [-0.1, -0.05) is 0 Å². The Kier molecular flexibility index (Phi) is 9.02. The van der Waals surface area contributed by atoms with Gasteiger partial charge in [-0.2, -0.15) is 18.3 Å². The zero-order valence-electron chi connectivity index (χ0n) is 16.1. The molecule has 0 amide bonds. The summed E-state index contributed by atoms with van der Waals surface area (Å²) in [6, 6.07) is 5.59. The van der Waals surface area contributed by atoms with Crippen LogP contribution in [-0.4, -0.2) is 38.8 Å². The zero-order chi connectivity index (χ0) is 20.7. The minimum Gasteiger partial charge on any atom is -0.357 e. The molecule has 2 N–H and O–H groups in total. The van der Waals surface area contributed by atoms with Crippen molar-refractivity contribution in [3.8, 4) is 5.82 Å². The molecular formula is C18H21F3IN7S. The summed E-state index contributed by atoms with van der Waals surface area (Å²) in [6.45, 7) is 3.44. The topological polar surface area (TPSA) is 80.0 Å². The predicted octanol–water partition coefficient (Wildman–Crippen LogP) is 3.66. The number of guanidine groups is 1. The van der Waals surface area contributed by atoms with Crippen molar-refractivity contribution in [2.45, 2.75) is 26.1 Å². The van der Waals surface area contributed by atoms with E-state index in [0.717, 1.165) is 22.3 Å². The van der Waals surface area contributed by atoms with Crippen LogP contribution in [0.15, 0.2) is 47.2 Å². The van der Waals surface area contributed by atoms with Gasteiger partial charge in [0.25, 0.3) is 0 Å². The van der Waals surface area contributed by atoms with Crippen molar-refractivity contribution in [1.82, 2.24) is 30.4 Å². The van der Waals surface area contributed by atoms with Gasteiger partial charge in [0.2, 0.25) is 0 Å². The monoisotopic (exact) mass is 551 g/mol. The van der Waals surface area contributed by atoms with Gasteiger partial charge in [-0.15, -0.1) is 35.3 Å². The van der Waals surface area contributed by atoms with E-state index < -0.39 is 11.9 Å². The lowest BCUT2D eigenvalue weighted by molar-refractivity contribution is -0.140. The van der Waals surface area contributed by atoms with E-state index in [1.807, 2.05) is 31.3 Å². The lowest BCUT2D eigenvalue weighted by Gasteiger charge is -2.11. The second kappa shape index (κ2) is 11.2. The van der Waals surface area contributed by atoms with E-state index in [1.165, 1.54) is 0 Å². The second-order valence-electron chi connectivity index (χ2n) is 5.97. The van der Waals surface area contributed by atoms with Gasteiger partial charge >= 0.3 is 6.18 Å². The van der Waals surface area contributed by atoms with Gasteiger partial charge in [-0.05, 0) is 30.7 Å². The first kappa shape index (κ1) is 24.1. The van der Waals surface area contributed by atoms with E-state index in [0.29, 0.717) is 42.8 Å². The van der Waals surface area contributed by atoms with Crippen LogP contribution in [0.1, 0.15) is 23.2 Å². The first-order valence-corrected chi connectivity index (χ1v) is 9.82. The quantitative estimate of drug-likeness (QED) is 0.266. The molecule has 3 heterocycles. The molecule has 0 bridgehead atoms. The SMILES string of the molecule is CCNC(=NCc1ccnc(-n2cccn2)c1)NCCc1nc(C(F)(F)F)cs1.I. The van der Waals surface area contributed by atoms with Crippen LogP contribution in [0.3, 0.4) is 0 Å². The predicted molar refractivity (Wildman–Crippen MR) is 120 cm³/mol. The molecule has 162 valence electrons. The molecule has 0 saturated heterocycles. The number of nitrogens with one attached hydrogen (secondary N) is 2. The number of nitrogens with zero attached hydrogens (tertiary/aromatic N) is 5. The molecule has 3 aromatic rings. The Hall–Kier alpha value is -2.22. The summed E-state index contributed by atoms with van der Waals surface area (Å²) >= 11 is 1.01. The van der Waals surface area contributed by atoms with Gasteiger partial charge in [0.1, 0.15) is 0 Å². The summed E-state index contributed by atoms with van der Waals surface area (Å²) in [5.41, 5.74) is 0.112. The Labute approximate surface area is 192 Å². The van der Waals surface area contributed by atoms with E-state index >= 15 is 0 Å². The van der Waals surface area contributed by atoms with Crippen LogP contribution in [0.2, 0.25) is 0 Å². The highest BCUT2D eigenvalue weighted by Gasteiger charge is 2.33. The van der Waals surface area contributed by atoms with E-state index in [9.17, 15) is 13.2 Å². The Morgan fingerprint density at radius 2 is 2.10 bits per heavy atom. The highest BCUT2D eigenvalue weighted by Crippen LogP contribution is 2.29. The number of aromatic nitrogens is 4. The molecule has 0 aliphatic rings. The van der Waals surface area contributed by atoms with Crippen LogP contribution >= 0.6 is 35.3 Å². The van der Waals surface area contributed by atoms with E-state index in [4.69, 9.17) is 0 Å². The maximum atomic E-state index is 12.6. The second-order valence-corrected chi connectivity index (χ2v) is 6.91. The normalized spacial score (nSPS) is 11.8. The van der Waals surface area contributed by atoms with E-state index in [1.54, 1.807) is 17.1 Å². The summed E-state index contributed by atoms with van der Waals surface area (Å²) < 4.78 is 39.5. The minimum absolute atomic E-state index is 0. The molecule has 7 nitrogen and oxygen atoms in total. The molecule has 0 unspecified atom stereocenters. The maximum Gasteiger partial charge on any atom is 0.434 e. The number of rotatable bonds is 7. The molecule has 0 atom stereocenters. The van der Waals surface area contributed by atoms with Crippen LogP contribution in [-0.2, 0) is 19.1 Å². The number of pyridine rings is 1. The molecule has 3 rings (SSSR count). The van der Waals surface area contributed by atoms with E-state index in [-0.39, 0.29) is 24.0 Å².